The first kappa shape index (κ1) is 62.1. The van der Waals surface area contributed by atoms with E-state index in [-0.39, 0.29) is 31.1 Å². The summed E-state index contributed by atoms with van der Waals surface area (Å²) in [7, 11) is 0. The highest BCUT2D eigenvalue weighted by Gasteiger charge is 2.19. The fourth-order valence-corrected chi connectivity index (χ4v) is 7.84. The number of hydrogen-bond donors (Lipinski definition) is 0. The van der Waals surface area contributed by atoms with Crippen LogP contribution in [-0.4, -0.2) is 37.2 Å². The van der Waals surface area contributed by atoms with Crippen molar-refractivity contribution in [3.05, 3.63) is 60.8 Å². The zero-order chi connectivity index (χ0) is 47.2. The van der Waals surface area contributed by atoms with E-state index in [0.29, 0.717) is 19.3 Å². The van der Waals surface area contributed by atoms with Gasteiger partial charge in [-0.25, -0.2) is 0 Å². The number of allylic oxidation sites excluding steroid dienone is 10. The maximum absolute atomic E-state index is 12.8. The fraction of sp³-hybridized carbons (Fsp3) is 0.780. The van der Waals surface area contributed by atoms with Crippen LogP contribution in [0, 0.1) is 0 Å². The second kappa shape index (κ2) is 53.7. The summed E-state index contributed by atoms with van der Waals surface area (Å²) in [6.07, 6.45) is 66.4. The van der Waals surface area contributed by atoms with Crippen LogP contribution < -0.4 is 0 Å². The van der Waals surface area contributed by atoms with E-state index in [1.165, 1.54) is 135 Å². The van der Waals surface area contributed by atoms with Crippen molar-refractivity contribution in [1.29, 1.82) is 0 Å². The molecule has 0 spiro atoms. The summed E-state index contributed by atoms with van der Waals surface area (Å²) in [4.78, 5) is 38.1. The molecule has 376 valence electrons. The largest absolute Gasteiger partial charge is 0.462 e. The van der Waals surface area contributed by atoms with E-state index in [1.54, 1.807) is 0 Å². The molecule has 1 unspecified atom stereocenters. The van der Waals surface area contributed by atoms with E-state index < -0.39 is 6.10 Å². The molecule has 0 aliphatic heterocycles. The van der Waals surface area contributed by atoms with Crippen molar-refractivity contribution >= 4 is 17.9 Å². The second-order valence-electron chi connectivity index (χ2n) is 18.5. The van der Waals surface area contributed by atoms with Crippen molar-refractivity contribution in [2.45, 2.75) is 284 Å². The zero-order valence-corrected chi connectivity index (χ0v) is 43.0. The van der Waals surface area contributed by atoms with E-state index in [9.17, 15) is 14.4 Å². The molecule has 0 aromatic carbocycles. The summed E-state index contributed by atoms with van der Waals surface area (Å²) in [5.74, 6) is -0.917. The Balaban J connectivity index is 4.39. The molecule has 1 atom stereocenters. The molecule has 0 aromatic heterocycles. The van der Waals surface area contributed by atoms with E-state index in [0.717, 1.165) is 103 Å². The number of carbonyl (C=O) groups excluding carboxylic acids is 3. The Morgan fingerprint density at radius 3 is 0.969 bits per heavy atom. The highest BCUT2D eigenvalue weighted by atomic mass is 16.6. The maximum atomic E-state index is 12.8. The summed E-state index contributed by atoms with van der Waals surface area (Å²) in [6.45, 7) is 6.49. The minimum atomic E-state index is -0.790. The Morgan fingerprint density at radius 1 is 0.323 bits per heavy atom. The number of ether oxygens (including phenoxy) is 3. The predicted octanol–water partition coefficient (Wildman–Crippen LogP) is 18.4. The Morgan fingerprint density at radius 2 is 0.615 bits per heavy atom. The van der Waals surface area contributed by atoms with Gasteiger partial charge in [0.05, 0.1) is 0 Å². The molecule has 6 nitrogen and oxygen atoms in total. The Labute approximate surface area is 402 Å². The van der Waals surface area contributed by atoms with Gasteiger partial charge in [0.25, 0.3) is 0 Å². The van der Waals surface area contributed by atoms with Gasteiger partial charge in [0, 0.05) is 19.3 Å². The minimum absolute atomic E-state index is 0.0879. The van der Waals surface area contributed by atoms with Gasteiger partial charge < -0.3 is 14.2 Å². The molecule has 0 aliphatic carbocycles. The fourth-order valence-electron chi connectivity index (χ4n) is 7.84. The first-order valence-electron chi connectivity index (χ1n) is 27.8. The lowest BCUT2D eigenvalue weighted by Gasteiger charge is -2.18. The summed E-state index contributed by atoms with van der Waals surface area (Å²) in [5, 5.41) is 0. The van der Waals surface area contributed by atoms with Crippen LogP contribution in [0.25, 0.3) is 0 Å². The van der Waals surface area contributed by atoms with Crippen LogP contribution in [0.2, 0.25) is 0 Å². The second-order valence-corrected chi connectivity index (χ2v) is 18.5. The average Bonchev–Trinajstić information content (AvgIpc) is 3.30. The first-order valence-corrected chi connectivity index (χ1v) is 27.8. The molecule has 0 amide bonds. The van der Waals surface area contributed by atoms with Crippen molar-refractivity contribution in [1.82, 2.24) is 0 Å². The third-order valence-corrected chi connectivity index (χ3v) is 12.0. The van der Waals surface area contributed by atoms with Crippen molar-refractivity contribution in [2.75, 3.05) is 13.2 Å². The van der Waals surface area contributed by atoms with Crippen LogP contribution in [0.1, 0.15) is 278 Å². The lowest BCUT2D eigenvalue weighted by Crippen LogP contribution is -2.30. The van der Waals surface area contributed by atoms with Gasteiger partial charge in [-0.1, -0.05) is 229 Å². The number of rotatable bonds is 50. The highest BCUT2D eigenvalue weighted by Crippen LogP contribution is 2.15. The molecular weight excluding hydrogens is 805 g/mol. The molecule has 0 rings (SSSR count). The quantitative estimate of drug-likeness (QED) is 0.0199. The van der Waals surface area contributed by atoms with Crippen LogP contribution in [0.5, 0.6) is 0 Å². The van der Waals surface area contributed by atoms with Gasteiger partial charge in [0.2, 0.25) is 0 Å². The van der Waals surface area contributed by atoms with Gasteiger partial charge in [-0.3, -0.25) is 14.4 Å². The predicted molar refractivity (Wildman–Crippen MR) is 279 cm³/mol. The average molecular weight is 909 g/mol. The summed E-state index contributed by atoms with van der Waals surface area (Å²) in [6, 6.07) is 0. The smallest absolute Gasteiger partial charge is 0.306 e. The highest BCUT2D eigenvalue weighted by molar-refractivity contribution is 5.71. The summed E-state index contributed by atoms with van der Waals surface area (Å²) < 4.78 is 16.8. The van der Waals surface area contributed by atoms with Crippen LogP contribution in [0.15, 0.2) is 60.8 Å². The van der Waals surface area contributed by atoms with Crippen molar-refractivity contribution in [3.63, 3.8) is 0 Å². The number of carbonyl (C=O) groups is 3. The molecule has 0 saturated heterocycles. The lowest BCUT2D eigenvalue weighted by atomic mass is 10.1. The molecule has 0 aromatic rings. The summed E-state index contributed by atoms with van der Waals surface area (Å²) in [5.41, 5.74) is 0. The van der Waals surface area contributed by atoms with Gasteiger partial charge >= 0.3 is 17.9 Å². The molecule has 0 aliphatic rings. The molecule has 0 bridgehead atoms. The summed E-state index contributed by atoms with van der Waals surface area (Å²) >= 11 is 0. The minimum Gasteiger partial charge on any atom is -0.462 e. The number of unbranched alkanes of at least 4 members (excludes halogenated alkanes) is 31. The molecule has 65 heavy (non-hydrogen) atoms. The van der Waals surface area contributed by atoms with Crippen LogP contribution in [-0.2, 0) is 28.6 Å². The van der Waals surface area contributed by atoms with Gasteiger partial charge in [-0.15, -0.1) is 0 Å². The Kier molecular flexibility index (Phi) is 51.3. The third kappa shape index (κ3) is 51.9. The van der Waals surface area contributed by atoms with Gasteiger partial charge in [0.15, 0.2) is 6.10 Å². The molecule has 0 fully saturated rings. The van der Waals surface area contributed by atoms with Crippen LogP contribution in [0.3, 0.4) is 0 Å². The Hall–Kier alpha value is -2.89. The molecule has 0 radical (unpaired) electrons. The van der Waals surface area contributed by atoms with E-state index in [4.69, 9.17) is 14.2 Å². The van der Waals surface area contributed by atoms with E-state index in [2.05, 4.69) is 81.5 Å². The number of esters is 3. The molecule has 0 heterocycles. The van der Waals surface area contributed by atoms with Gasteiger partial charge in [-0.05, 0) is 89.9 Å². The first-order chi connectivity index (χ1) is 32.0. The van der Waals surface area contributed by atoms with Crippen molar-refractivity contribution < 1.29 is 28.6 Å². The van der Waals surface area contributed by atoms with Crippen LogP contribution >= 0.6 is 0 Å². The monoisotopic (exact) mass is 909 g/mol. The lowest BCUT2D eigenvalue weighted by molar-refractivity contribution is -0.167. The van der Waals surface area contributed by atoms with Gasteiger partial charge in [-0.2, -0.15) is 0 Å². The Bertz CT molecular complexity index is 1180. The van der Waals surface area contributed by atoms with Gasteiger partial charge in [0.1, 0.15) is 13.2 Å². The number of hydrogen-bond acceptors (Lipinski definition) is 6. The maximum Gasteiger partial charge on any atom is 0.306 e. The SMILES string of the molecule is CC/C=C/C=C/C=C/CCCCCCCC(=O)OCC(COC(=O)CCCCCCC/C=C/CCCCCCCCCCC)OC(=O)CCCCCCC/C=C/CCCCCCCCC. The van der Waals surface area contributed by atoms with E-state index >= 15 is 0 Å². The normalized spacial score (nSPS) is 12.5. The standard InChI is InChI=1S/C59H104O6/c1-4-7-10-13-16-19-22-25-27-29-30-32-34-37-40-43-46-49-52-58(61)64-55-56(54-63-57(60)51-48-45-42-39-36-33-24-21-18-15-12-9-6-3)65-59(62)53-50-47-44-41-38-35-31-28-26-23-20-17-14-11-8-5-2/h9,12,15,18,21,24,28,30-32,56H,4-8,10-11,13-14,16-17,19-20,22-23,25-27,29,33-55H2,1-3H3/b12-9+,18-15+,24-21+,31-28+,32-30+. The molecule has 6 heteroatoms. The van der Waals surface area contributed by atoms with Crippen molar-refractivity contribution in [3.8, 4) is 0 Å². The third-order valence-electron chi connectivity index (χ3n) is 12.0. The van der Waals surface area contributed by atoms with E-state index in [1.807, 2.05) is 0 Å². The molecule has 0 saturated carbocycles. The zero-order valence-electron chi connectivity index (χ0n) is 43.0. The van der Waals surface area contributed by atoms with Crippen molar-refractivity contribution in [2.24, 2.45) is 0 Å². The topological polar surface area (TPSA) is 78.9 Å². The van der Waals surface area contributed by atoms with Crippen LogP contribution in [0.4, 0.5) is 0 Å². The molecule has 0 N–H and O–H groups in total. The molecular formula is C59H104O6.